The number of nitrogens with one attached hydrogen (secondary N) is 2. The molecule has 37 heavy (non-hydrogen) atoms. The summed E-state index contributed by atoms with van der Waals surface area (Å²) in [7, 11) is 0. The summed E-state index contributed by atoms with van der Waals surface area (Å²) < 4.78 is 11.4. The number of pyridine rings is 1. The summed E-state index contributed by atoms with van der Waals surface area (Å²) in [6.45, 7) is 10.5. The zero-order chi connectivity index (χ0) is 26.6. The molecule has 4 rings (SSSR count). The van der Waals surface area contributed by atoms with Crippen molar-refractivity contribution in [2.75, 3.05) is 10.6 Å². The minimum atomic E-state index is -0.429. The van der Waals surface area contributed by atoms with Gasteiger partial charge >= 0.3 is 6.03 Å². The molecule has 196 valence electrons. The van der Waals surface area contributed by atoms with Gasteiger partial charge in [0.25, 0.3) is 0 Å². The van der Waals surface area contributed by atoms with Crippen LogP contribution in [0.25, 0.3) is 0 Å². The SMILES string of the molecule is CC(C)C1CC[C@H](Oc2ccc(C(=O)Cc3ccc(NC(=O)Nc4cc(C(C)(C)C)on4)cc3)nc2)C1. The third-order valence-electron chi connectivity index (χ3n) is 6.76. The third-order valence-corrected chi connectivity index (χ3v) is 6.76. The first-order valence-electron chi connectivity index (χ1n) is 12.9. The number of aromatic nitrogens is 2. The Bertz CT molecular complexity index is 1210. The second-order valence-corrected chi connectivity index (χ2v) is 11.1. The number of carbonyl (C=O) groups excluding carboxylic acids is 2. The van der Waals surface area contributed by atoms with Crippen molar-refractivity contribution in [1.29, 1.82) is 0 Å². The molecule has 0 aliphatic heterocycles. The average molecular weight is 505 g/mol. The summed E-state index contributed by atoms with van der Waals surface area (Å²) in [5.74, 6) is 3.05. The lowest BCUT2D eigenvalue weighted by molar-refractivity contribution is 0.0988. The normalized spacial score (nSPS) is 17.6. The average Bonchev–Trinajstić information content (AvgIpc) is 3.51. The molecule has 2 N–H and O–H groups in total. The van der Waals surface area contributed by atoms with Crippen molar-refractivity contribution >= 4 is 23.3 Å². The molecule has 2 aromatic heterocycles. The van der Waals surface area contributed by atoms with Crippen LogP contribution in [-0.2, 0) is 11.8 Å². The van der Waals surface area contributed by atoms with Crippen LogP contribution in [-0.4, -0.2) is 28.1 Å². The number of benzene rings is 1. The number of ether oxygens (including phenoxy) is 1. The van der Waals surface area contributed by atoms with Crippen LogP contribution < -0.4 is 15.4 Å². The Hall–Kier alpha value is -3.68. The lowest BCUT2D eigenvalue weighted by atomic mass is 9.93. The number of hydrogen-bond acceptors (Lipinski definition) is 6. The zero-order valence-corrected chi connectivity index (χ0v) is 22.2. The van der Waals surface area contributed by atoms with Crippen LogP contribution in [0, 0.1) is 11.8 Å². The van der Waals surface area contributed by atoms with E-state index in [1.165, 1.54) is 6.42 Å². The fourth-order valence-corrected chi connectivity index (χ4v) is 4.44. The summed E-state index contributed by atoms with van der Waals surface area (Å²) in [4.78, 5) is 29.4. The van der Waals surface area contributed by atoms with Crippen molar-refractivity contribution < 1.29 is 18.8 Å². The van der Waals surface area contributed by atoms with E-state index in [1.54, 1.807) is 30.5 Å². The van der Waals surface area contributed by atoms with E-state index in [-0.39, 0.29) is 23.7 Å². The molecule has 2 amide bonds. The Morgan fingerprint density at radius 2 is 1.84 bits per heavy atom. The highest BCUT2D eigenvalue weighted by molar-refractivity contribution is 5.99. The topological polar surface area (TPSA) is 106 Å². The second-order valence-electron chi connectivity index (χ2n) is 11.1. The standard InChI is InChI=1S/C29H36N4O4/c1-18(2)20-8-11-22(15-20)36-23-12-13-24(30-17-23)25(34)14-19-6-9-21(10-7-19)31-28(35)32-27-16-26(37-33-27)29(3,4)5/h6-7,9-10,12-13,16-18,20,22H,8,11,14-15H2,1-5H3,(H2,31,32,33,35)/t20?,22-/m0/s1. The van der Waals surface area contributed by atoms with E-state index < -0.39 is 6.03 Å². The zero-order valence-electron chi connectivity index (χ0n) is 22.2. The van der Waals surface area contributed by atoms with Crippen molar-refractivity contribution in [3.63, 3.8) is 0 Å². The maximum atomic E-state index is 12.7. The van der Waals surface area contributed by atoms with E-state index in [0.29, 0.717) is 40.5 Å². The Labute approximate surface area is 218 Å². The molecule has 2 atom stereocenters. The van der Waals surface area contributed by atoms with Gasteiger partial charge in [-0.15, -0.1) is 0 Å². The van der Waals surface area contributed by atoms with E-state index >= 15 is 0 Å². The van der Waals surface area contributed by atoms with Gasteiger partial charge in [-0.1, -0.05) is 51.9 Å². The van der Waals surface area contributed by atoms with Gasteiger partial charge in [0.1, 0.15) is 17.2 Å². The summed E-state index contributed by atoms with van der Waals surface area (Å²) in [6.07, 6.45) is 5.41. The van der Waals surface area contributed by atoms with Crippen LogP contribution in [0.2, 0.25) is 0 Å². The van der Waals surface area contributed by atoms with Gasteiger partial charge in [0.15, 0.2) is 11.6 Å². The minimum Gasteiger partial charge on any atom is -0.489 e. The minimum absolute atomic E-state index is 0.0774. The van der Waals surface area contributed by atoms with Crippen molar-refractivity contribution in [2.45, 2.75) is 71.8 Å². The fourth-order valence-electron chi connectivity index (χ4n) is 4.44. The molecule has 0 spiro atoms. The van der Waals surface area contributed by atoms with Gasteiger partial charge in [-0.05, 0) is 60.9 Å². The van der Waals surface area contributed by atoms with Crippen molar-refractivity contribution in [1.82, 2.24) is 10.1 Å². The molecule has 1 saturated carbocycles. The van der Waals surface area contributed by atoms with Gasteiger partial charge < -0.3 is 14.6 Å². The van der Waals surface area contributed by atoms with E-state index in [9.17, 15) is 9.59 Å². The lowest BCUT2D eigenvalue weighted by Crippen LogP contribution is -2.19. The van der Waals surface area contributed by atoms with Gasteiger partial charge in [-0.25, -0.2) is 9.78 Å². The highest BCUT2D eigenvalue weighted by Crippen LogP contribution is 2.33. The summed E-state index contributed by atoms with van der Waals surface area (Å²) in [5, 5.41) is 9.29. The molecule has 3 aromatic rings. The number of Topliss-reactive ketones (excluding diaryl/α,β-unsaturated/α-hetero) is 1. The van der Waals surface area contributed by atoms with Crippen LogP contribution in [0.15, 0.2) is 53.2 Å². The number of urea groups is 1. The highest BCUT2D eigenvalue weighted by Gasteiger charge is 2.28. The number of carbonyl (C=O) groups is 2. The number of hydrogen-bond donors (Lipinski definition) is 2. The molecule has 0 radical (unpaired) electrons. The maximum Gasteiger partial charge on any atom is 0.324 e. The third kappa shape index (κ3) is 7.18. The van der Waals surface area contributed by atoms with Crippen LogP contribution in [0.5, 0.6) is 5.75 Å². The van der Waals surface area contributed by atoms with Crippen LogP contribution in [0.4, 0.5) is 16.3 Å². The number of anilines is 2. The molecule has 1 unspecified atom stereocenters. The maximum absolute atomic E-state index is 12.7. The Balaban J connectivity index is 1.26. The number of ketones is 1. The van der Waals surface area contributed by atoms with Crippen molar-refractivity contribution in [2.24, 2.45) is 11.8 Å². The molecule has 1 aromatic carbocycles. The predicted molar refractivity (Wildman–Crippen MR) is 143 cm³/mol. The van der Waals surface area contributed by atoms with Crippen LogP contribution in [0.1, 0.15) is 75.7 Å². The van der Waals surface area contributed by atoms with Gasteiger partial charge in [-0.3, -0.25) is 10.1 Å². The predicted octanol–water partition coefficient (Wildman–Crippen LogP) is 6.64. The van der Waals surface area contributed by atoms with E-state index in [2.05, 4.69) is 34.6 Å². The van der Waals surface area contributed by atoms with E-state index in [4.69, 9.17) is 9.26 Å². The molecular weight excluding hydrogens is 468 g/mol. The molecule has 1 aliphatic carbocycles. The summed E-state index contributed by atoms with van der Waals surface area (Å²) in [6, 6.07) is 12.0. The molecular formula is C29H36N4O4. The first-order chi connectivity index (χ1) is 17.6. The quantitative estimate of drug-likeness (QED) is 0.333. The largest absolute Gasteiger partial charge is 0.489 e. The molecule has 0 bridgehead atoms. The highest BCUT2D eigenvalue weighted by atomic mass is 16.5. The van der Waals surface area contributed by atoms with Crippen molar-refractivity contribution in [3.05, 3.63) is 65.7 Å². The first kappa shape index (κ1) is 26.4. The summed E-state index contributed by atoms with van der Waals surface area (Å²) >= 11 is 0. The van der Waals surface area contributed by atoms with E-state index in [0.717, 1.165) is 18.4 Å². The van der Waals surface area contributed by atoms with Crippen molar-refractivity contribution in [3.8, 4) is 5.75 Å². The molecule has 1 aliphatic rings. The van der Waals surface area contributed by atoms with Gasteiger partial charge in [-0.2, -0.15) is 0 Å². The van der Waals surface area contributed by atoms with Crippen LogP contribution in [0.3, 0.4) is 0 Å². The Morgan fingerprint density at radius 1 is 1.08 bits per heavy atom. The second kappa shape index (κ2) is 11.2. The number of amides is 2. The molecule has 8 nitrogen and oxygen atoms in total. The molecule has 2 heterocycles. The van der Waals surface area contributed by atoms with Crippen LogP contribution >= 0.6 is 0 Å². The smallest absolute Gasteiger partial charge is 0.324 e. The first-order valence-corrected chi connectivity index (χ1v) is 12.9. The van der Waals surface area contributed by atoms with Gasteiger partial charge in [0, 0.05) is 23.6 Å². The van der Waals surface area contributed by atoms with Gasteiger partial charge in [0.2, 0.25) is 0 Å². The lowest BCUT2D eigenvalue weighted by Gasteiger charge is -2.16. The number of nitrogens with zero attached hydrogens (tertiary/aromatic N) is 2. The monoisotopic (exact) mass is 504 g/mol. The molecule has 0 saturated heterocycles. The van der Waals surface area contributed by atoms with Gasteiger partial charge in [0.05, 0.1) is 12.3 Å². The number of rotatable bonds is 8. The summed E-state index contributed by atoms with van der Waals surface area (Å²) in [5.41, 5.74) is 1.63. The Kier molecular flexibility index (Phi) is 7.95. The molecule has 8 heteroatoms. The fraction of sp³-hybridized carbons (Fsp3) is 0.448. The Morgan fingerprint density at radius 3 is 2.43 bits per heavy atom. The molecule has 1 fully saturated rings. The van der Waals surface area contributed by atoms with E-state index in [1.807, 2.05) is 39.0 Å².